The summed E-state index contributed by atoms with van der Waals surface area (Å²) in [7, 11) is 3.62. The van der Waals surface area contributed by atoms with Crippen molar-refractivity contribution in [3.8, 4) is 0 Å². The van der Waals surface area contributed by atoms with Crippen molar-refractivity contribution in [3.05, 3.63) is 47.1 Å². The Morgan fingerprint density at radius 3 is 2.90 bits per heavy atom. The third-order valence-corrected chi connectivity index (χ3v) is 3.66. The van der Waals surface area contributed by atoms with E-state index in [1.807, 2.05) is 25.2 Å². The van der Waals surface area contributed by atoms with Gasteiger partial charge in [0.25, 0.3) is 5.91 Å². The largest absolute Gasteiger partial charge is 0.344 e. The van der Waals surface area contributed by atoms with Crippen molar-refractivity contribution < 1.29 is 4.79 Å². The molecule has 0 bridgehead atoms. The van der Waals surface area contributed by atoms with Crippen molar-refractivity contribution in [3.63, 3.8) is 0 Å². The highest BCUT2D eigenvalue weighted by molar-refractivity contribution is 6.35. The summed E-state index contributed by atoms with van der Waals surface area (Å²) in [6.45, 7) is 0.298. The number of rotatable bonds is 3. The fourth-order valence-corrected chi connectivity index (χ4v) is 2.58. The van der Waals surface area contributed by atoms with Crippen molar-refractivity contribution in [2.45, 2.75) is 6.54 Å². The monoisotopic (exact) mass is 303 g/mol. The number of carbonyl (C=O) groups excluding carboxylic acids is 1. The highest BCUT2D eigenvalue weighted by atomic mass is 35.5. The Morgan fingerprint density at radius 1 is 1.38 bits per heavy atom. The number of halogens is 1. The molecular formula is C14H14ClN5O. The topological polar surface area (TPSA) is 64.7 Å². The van der Waals surface area contributed by atoms with E-state index in [9.17, 15) is 4.79 Å². The summed E-state index contributed by atoms with van der Waals surface area (Å²) in [5, 5.41) is 8.72. The van der Waals surface area contributed by atoms with E-state index in [0.29, 0.717) is 17.4 Å². The number of benzene rings is 1. The summed E-state index contributed by atoms with van der Waals surface area (Å²) in [5.41, 5.74) is 1.67. The first kappa shape index (κ1) is 13.6. The van der Waals surface area contributed by atoms with E-state index in [0.717, 1.165) is 16.6 Å². The van der Waals surface area contributed by atoms with Gasteiger partial charge in [-0.1, -0.05) is 17.7 Å². The van der Waals surface area contributed by atoms with Crippen LogP contribution in [-0.2, 0) is 20.6 Å². The van der Waals surface area contributed by atoms with Gasteiger partial charge >= 0.3 is 0 Å². The summed E-state index contributed by atoms with van der Waals surface area (Å²) in [6.07, 6.45) is 3.31. The number of nitrogens with one attached hydrogen (secondary N) is 1. The second kappa shape index (κ2) is 5.21. The molecule has 3 aromatic rings. The number of aryl methyl sites for hydroxylation is 2. The normalized spacial score (nSPS) is 11.0. The van der Waals surface area contributed by atoms with Crippen LogP contribution in [0.25, 0.3) is 10.9 Å². The molecule has 0 aliphatic heterocycles. The van der Waals surface area contributed by atoms with Crippen LogP contribution in [0.2, 0.25) is 5.02 Å². The van der Waals surface area contributed by atoms with Crippen LogP contribution in [0.5, 0.6) is 0 Å². The van der Waals surface area contributed by atoms with Gasteiger partial charge in [-0.05, 0) is 12.1 Å². The van der Waals surface area contributed by atoms with Crippen LogP contribution in [0, 0.1) is 0 Å². The van der Waals surface area contributed by atoms with E-state index in [1.54, 1.807) is 28.7 Å². The molecular weight excluding hydrogens is 290 g/mol. The van der Waals surface area contributed by atoms with Gasteiger partial charge in [-0.3, -0.25) is 9.48 Å². The lowest BCUT2D eigenvalue weighted by Crippen LogP contribution is -2.26. The van der Waals surface area contributed by atoms with Gasteiger partial charge in [-0.2, -0.15) is 5.10 Å². The number of nitrogens with zero attached hydrogens (tertiary/aromatic N) is 4. The van der Waals surface area contributed by atoms with Crippen LogP contribution in [0.15, 0.2) is 30.6 Å². The Kier molecular flexibility index (Phi) is 3.39. The number of hydrogen-bond donors (Lipinski definition) is 1. The van der Waals surface area contributed by atoms with Crippen LogP contribution in [0.3, 0.4) is 0 Å². The van der Waals surface area contributed by atoms with Gasteiger partial charge in [0.2, 0.25) is 0 Å². The molecule has 3 rings (SSSR count). The quantitative estimate of drug-likeness (QED) is 0.803. The van der Waals surface area contributed by atoms with Crippen LogP contribution >= 0.6 is 11.6 Å². The molecule has 0 unspecified atom stereocenters. The minimum absolute atomic E-state index is 0.242. The fraction of sp³-hybridized carbons (Fsp3) is 0.214. The third kappa shape index (κ3) is 2.38. The maximum Gasteiger partial charge on any atom is 0.287 e. The van der Waals surface area contributed by atoms with E-state index in [-0.39, 0.29) is 5.91 Å². The molecule has 0 aliphatic rings. The third-order valence-electron chi connectivity index (χ3n) is 3.34. The second-order valence-corrected chi connectivity index (χ2v) is 5.16. The van der Waals surface area contributed by atoms with Crippen LogP contribution in [-0.4, -0.2) is 25.2 Å². The SMILES string of the molecule is Cn1ccnc1C(=O)NCc1nn(C)c2cccc(Cl)c12. The molecule has 1 amide bonds. The molecule has 2 heterocycles. The van der Waals surface area contributed by atoms with Crippen LogP contribution in [0.4, 0.5) is 0 Å². The van der Waals surface area contributed by atoms with Gasteiger partial charge in [0, 0.05) is 31.9 Å². The minimum Gasteiger partial charge on any atom is -0.344 e. The molecule has 0 fully saturated rings. The predicted octanol–water partition coefficient (Wildman–Crippen LogP) is 1.89. The van der Waals surface area contributed by atoms with Gasteiger partial charge in [0.05, 0.1) is 22.8 Å². The number of fused-ring (bicyclic) bond motifs is 1. The van der Waals surface area contributed by atoms with Gasteiger partial charge in [-0.25, -0.2) is 4.98 Å². The zero-order chi connectivity index (χ0) is 15.0. The number of aromatic nitrogens is 4. The Bertz CT molecular complexity index is 820. The summed E-state index contributed by atoms with van der Waals surface area (Å²) in [4.78, 5) is 16.1. The maximum absolute atomic E-state index is 12.1. The van der Waals surface area contributed by atoms with Crippen molar-refractivity contribution in [1.29, 1.82) is 0 Å². The molecule has 21 heavy (non-hydrogen) atoms. The van der Waals surface area contributed by atoms with Crippen LogP contribution < -0.4 is 5.32 Å². The van der Waals surface area contributed by atoms with E-state index in [2.05, 4.69) is 15.4 Å². The molecule has 108 valence electrons. The van der Waals surface area contributed by atoms with Gasteiger partial charge < -0.3 is 9.88 Å². The molecule has 0 spiro atoms. The molecule has 2 aromatic heterocycles. The Morgan fingerprint density at radius 2 is 2.19 bits per heavy atom. The predicted molar refractivity (Wildman–Crippen MR) is 80.1 cm³/mol. The van der Waals surface area contributed by atoms with E-state index in [1.165, 1.54) is 0 Å². The zero-order valence-electron chi connectivity index (χ0n) is 11.7. The summed E-state index contributed by atoms with van der Waals surface area (Å²) in [5.74, 6) is 0.120. The number of amides is 1. The van der Waals surface area contributed by atoms with Crippen LogP contribution in [0.1, 0.15) is 16.3 Å². The standard InChI is InChI=1S/C14H14ClN5O/c1-19-7-6-16-13(19)14(21)17-8-10-12-9(15)4-3-5-11(12)20(2)18-10/h3-7H,8H2,1-2H3,(H,17,21). The smallest absolute Gasteiger partial charge is 0.287 e. The van der Waals surface area contributed by atoms with Crippen molar-refractivity contribution >= 4 is 28.4 Å². The molecule has 0 atom stereocenters. The Labute approximate surface area is 126 Å². The number of hydrogen-bond acceptors (Lipinski definition) is 3. The average Bonchev–Trinajstić information content (AvgIpc) is 3.02. The first-order chi connectivity index (χ1) is 10.1. The lowest BCUT2D eigenvalue weighted by molar-refractivity contribution is 0.0937. The zero-order valence-corrected chi connectivity index (χ0v) is 12.4. The Balaban J connectivity index is 1.86. The van der Waals surface area contributed by atoms with E-state index in [4.69, 9.17) is 11.6 Å². The summed E-state index contributed by atoms with van der Waals surface area (Å²) < 4.78 is 3.42. The highest BCUT2D eigenvalue weighted by Crippen LogP contribution is 2.26. The molecule has 0 radical (unpaired) electrons. The molecule has 0 saturated carbocycles. The van der Waals surface area contributed by atoms with Gasteiger partial charge in [-0.15, -0.1) is 0 Å². The lowest BCUT2D eigenvalue weighted by Gasteiger charge is -2.04. The minimum atomic E-state index is -0.242. The number of carbonyl (C=O) groups is 1. The lowest BCUT2D eigenvalue weighted by atomic mass is 10.2. The summed E-state index contributed by atoms with van der Waals surface area (Å²) >= 11 is 6.23. The first-order valence-corrected chi connectivity index (χ1v) is 6.81. The summed E-state index contributed by atoms with van der Waals surface area (Å²) in [6, 6.07) is 5.64. The van der Waals surface area contributed by atoms with E-state index >= 15 is 0 Å². The molecule has 7 heteroatoms. The highest BCUT2D eigenvalue weighted by Gasteiger charge is 2.15. The van der Waals surface area contributed by atoms with Crippen molar-refractivity contribution in [1.82, 2.24) is 24.6 Å². The molecule has 1 N–H and O–H groups in total. The Hall–Kier alpha value is -2.34. The molecule has 6 nitrogen and oxygen atoms in total. The average molecular weight is 304 g/mol. The number of imidazole rings is 1. The molecule has 0 aliphatic carbocycles. The second-order valence-electron chi connectivity index (χ2n) is 4.75. The molecule has 0 saturated heterocycles. The van der Waals surface area contributed by atoms with Gasteiger partial charge in [0.15, 0.2) is 5.82 Å². The first-order valence-electron chi connectivity index (χ1n) is 6.43. The fourth-order valence-electron chi connectivity index (χ4n) is 2.30. The maximum atomic E-state index is 12.1. The van der Waals surface area contributed by atoms with Crippen molar-refractivity contribution in [2.24, 2.45) is 14.1 Å². The molecule has 1 aromatic carbocycles. The van der Waals surface area contributed by atoms with Gasteiger partial charge in [0.1, 0.15) is 0 Å². The van der Waals surface area contributed by atoms with Crippen molar-refractivity contribution in [2.75, 3.05) is 0 Å². The van der Waals surface area contributed by atoms with E-state index < -0.39 is 0 Å².